The number of carbonyl (C=O) groups is 1. The molecule has 0 unspecified atom stereocenters. The summed E-state index contributed by atoms with van der Waals surface area (Å²) in [6.07, 6.45) is 0. The number of nitrogens with zero attached hydrogens (tertiary/aromatic N) is 3. The quantitative estimate of drug-likeness (QED) is 0.846. The SMILES string of the molecule is CNS(=O)(=O)c1csc(C(=O)Nc2nc(C)nn2C)c1. The highest BCUT2D eigenvalue weighted by molar-refractivity contribution is 7.89. The van der Waals surface area contributed by atoms with Gasteiger partial charge in [0.05, 0.1) is 9.77 Å². The van der Waals surface area contributed by atoms with Gasteiger partial charge in [-0.05, 0) is 20.0 Å². The predicted octanol–water partition coefficient (Wildman–Crippen LogP) is 0.345. The molecule has 0 spiro atoms. The summed E-state index contributed by atoms with van der Waals surface area (Å²) in [7, 11) is -0.572. The molecule has 0 bridgehead atoms. The van der Waals surface area contributed by atoms with Crippen molar-refractivity contribution in [2.24, 2.45) is 7.05 Å². The largest absolute Gasteiger partial charge is 0.290 e. The van der Waals surface area contributed by atoms with Gasteiger partial charge in [-0.3, -0.25) is 10.1 Å². The van der Waals surface area contributed by atoms with Gasteiger partial charge in [0, 0.05) is 12.4 Å². The van der Waals surface area contributed by atoms with Crippen molar-refractivity contribution >= 4 is 33.2 Å². The van der Waals surface area contributed by atoms with Gasteiger partial charge >= 0.3 is 0 Å². The molecule has 0 atom stereocenters. The number of hydrogen-bond donors (Lipinski definition) is 2. The molecule has 108 valence electrons. The van der Waals surface area contributed by atoms with Crippen LogP contribution in [0.2, 0.25) is 0 Å². The van der Waals surface area contributed by atoms with Crippen LogP contribution in [0.1, 0.15) is 15.5 Å². The van der Waals surface area contributed by atoms with Crippen LogP contribution in [0, 0.1) is 6.92 Å². The molecule has 0 aromatic carbocycles. The van der Waals surface area contributed by atoms with Gasteiger partial charge in [0.15, 0.2) is 0 Å². The number of aryl methyl sites for hydroxylation is 2. The number of amides is 1. The van der Waals surface area contributed by atoms with Crippen molar-refractivity contribution in [3.8, 4) is 0 Å². The summed E-state index contributed by atoms with van der Waals surface area (Å²) in [5.74, 6) is 0.411. The van der Waals surface area contributed by atoms with Crippen LogP contribution in [0.25, 0.3) is 0 Å². The lowest BCUT2D eigenvalue weighted by Crippen LogP contribution is -2.18. The molecule has 0 fully saturated rings. The second kappa shape index (κ2) is 5.31. The average molecular weight is 315 g/mol. The Bertz CT molecular complexity index is 747. The normalized spacial score (nSPS) is 11.6. The first-order valence-electron chi connectivity index (χ1n) is 5.54. The van der Waals surface area contributed by atoms with Crippen molar-refractivity contribution in [1.29, 1.82) is 0 Å². The molecule has 2 aromatic heterocycles. The van der Waals surface area contributed by atoms with Crippen LogP contribution in [-0.2, 0) is 17.1 Å². The molecule has 20 heavy (non-hydrogen) atoms. The molecule has 0 aliphatic rings. The Labute approximate surface area is 119 Å². The lowest BCUT2D eigenvalue weighted by molar-refractivity contribution is 0.102. The second-order valence-electron chi connectivity index (χ2n) is 3.91. The van der Waals surface area contributed by atoms with Crippen molar-refractivity contribution in [1.82, 2.24) is 19.5 Å². The zero-order chi connectivity index (χ0) is 14.9. The van der Waals surface area contributed by atoms with E-state index in [-0.39, 0.29) is 9.77 Å². The number of rotatable bonds is 4. The zero-order valence-electron chi connectivity index (χ0n) is 11.0. The van der Waals surface area contributed by atoms with Crippen LogP contribution in [-0.4, -0.2) is 36.1 Å². The van der Waals surface area contributed by atoms with Gasteiger partial charge in [-0.1, -0.05) is 0 Å². The Hall–Kier alpha value is -1.78. The number of nitrogens with one attached hydrogen (secondary N) is 2. The van der Waals surface area contributed by atoms with E-state index in [0.29, 0.717) is 11.8 Å². The molecule has 8 nitrogen and oxygen atoms in total. The topological polar surface area (TPSA) is 106 Å². The van der Waals surface area contributed by atoms with E-state index in [1.54, 1.807) is 14.0 Å². The summed E-state index contributed by atoms with van der Waals surface area (Å²) < 4.78 is 26.8. The Morgan fingerprint density at radius 3 is 2.70 bits per heavy atom. The molecular weight excluding hydrogens is 302 g/mol. The molecule has 2 N–H and O–H groups in total. The van der Waals surface area contributed by atoms with Gasteiger partial charge in [0.25, 0.3) is 5.91 Å². The minimum absolute atomic E-state index is 0.0595. The predicted molar refractivity (Wildman–Crippen MR) is 74.3 cm³/mol. The molecule has 2 heterocycles. The minimum Gasteiger partial charge on any atom is -0.290 e. The summed E-state index contributed by atoms with van der Waals surface area (Å²) in [4.78, 5) is 16.4. The van der Waals surface area contributed by atoms with Crippen LogP contribution in [0.3, 0.4) is 0 Å². The first kappa shape index (κ1) is 14.6. The first-order chi connectivity index (χ1) is 9.33. The average Bonchev–Trinajstić information content (AvgIpc) is 2.97. The molecule has 0 aliphatic heterocycles. The van der Waals surface area contributed by atoms with Gasteiger partial charge < -0.3 is 0 Å². The highest BCUT2D eigenvalue weighted by Crippen LogP contribution is 2.20. The Morgan fingerprint density at radius 1 is 1.45 bits per heavy atom. The van der Waals surface area contributed by atoms with E-state index in [0.717, 1.165) is 11.3 Å². The molecule has 0 saturated heterocycles. The van der Waals surface area contributed by atoms with Gasteiger partial charge in [-0.15, -0.1) is 11.3 Å². The summed E-state index contributed by atoms with van der Waals surface area (Å²) >= 11 is 1.04. The van der Waals surface area contributed by atoms with Crippen LogP contribution in [0.15, 0.2) is 16.3 Å². The maximum Gasteiger partial charge on any atom is 0.268 e. The molecule has 0 aliphatic carbocycles. The maximum absolute atomic E-state index is 12.0. The van der Waals surface area contributed by atoms with Gasteiger partial charge in [0.1, 0.15) is 5.82 Å². The van der Waals surface area contributed by atoms with Crippen molar-refractivity contribution in [3.05, 3.63) is 22.1 Å². The molecular formula is C10H13N5O3S2. The lowest BCUT2D eigenvalue weighted by Gasteiger charge is -2.01. The van der Waals surface area contributed by atoms with E-state index in [1.807, 2.05) is 0 Å². The van der Waals surface area contributed by atoms with E-state index in [1.165, 1.54) is 23.2 Å². The van der Waals surface area contributed by atoms with Crippen molar-refractivity contribution in [3.63, 3.8) is 0 Å². The van der Waals surface area contributed by atoms with Crippen LogP contribution in [0.5, 0.6) is 0 Å². The smallest absolute Gasteiger partial charge is 0.268 e. The van der Waals surface area contributed by atoms with Crippen molar-refractivity contribution in [2.75, 3.05) is 12.4 Å². The van der Waals surface area contributed by atoms with Gasteiger partial charge in [0.2, 0.25) is 16.0 Å². The van der Waals surface area contributed by atoms with E-state index >= 15 is 0 Å². The number of carbonyl (C=O) groups excluding carboxylic acids is 1. The monoisotopic (exact) mass is 315 g/mol. The summed E-state index contributed by atoms with van der Waals surface area (Å²) in [6.45, 7) is 1.71. The van der Waals surface area contributed by atoms with E-state index in [9.17, 15) is 13.2 Å². The molecule has 1 amide bonds. The fraction of sp³-hybridized carbons (Fsp3) is 0.300. The highest BCUT2D eigenvalue weighted by Gasteiger charge is 2.18. The van der Waals surface area contributed by atoms with Crippen molar-refractivity contribution in [2.45, 2.75) is 11.8 Å². The van der Waals surface area contributed by atoms with Crippen LogP contribution < -0.4 is 10.0 Å². The van der Waals surface area contributed by atoms with Gasteiger partial charge in [-0.25, -0.2) is 17.8 Å². The minimum atomic E-state index is -3.54. The number of anilines is 1. The molecule has 2 aromatic rings. The maximum atomic E-state index is 12.0. The molecule has 10 heteroatoms. The first-order valence-corrected chi connectivity index (χ1v) is 7.91. The van der Waals surface area contributed by atoms with E-state index < -0.39 is 15.9 Å². The standard InChI is InChI=1S/C10H13N5O3S2/c1-6-12-10(15(3)14-6)13-9(16)8-4-7(5-19-8)20(17,18)11-2/h4-5,11H,1-3H3,(H,12,13,14,16). The summed E-state index contributed by atoms with van der Waals surface area (Å²) in [6, 6.07) is 1.31. The fourth-order valence-electron chi connectivity index (χ4n) is 1.48. The lowest BCUT2D eigenvalue weighted by atomic mass is 10.4. The number of thiophene rings is 1. The highest BCUT2D eigenvalue weighted by atomic mass is 32.2. The molecule has 2 rings (SSSR count). The number of sulfonamides is 1. The third kappa shape index (κ3) is 2.86. The number of hydrogen-bond acceptors (Lipinski definition) is 6. The van der Waals surface area contributed by atoms with Crippen LogP contribution in [0.4, 0.5) is 5.95 Å². The fourth-order valence-corrected chi connectivity index (χ4v) is 3.38. The second-order valence-corrected chi connectivity index (χ2v) is 6.71. The molecule has 0 saturated carbocycles. The van der Waals surface area contributed by atoms with Gasteiger partial charge in [-0.2, -0.15) is 10.1 Å². The zero-order valence-corrected chi connectivity index (χ0v) is 12.7. The van der Waals surface area contributed by atoms with Crippen LogP contribution >= 0.6 is 11.3 Å². The Balaban J connectivity index is 2.21. The van der Waals surface area contributed by atoms with Crippen molar-refractivity contribution < 1.29 is 13.2 Å². The van der Waals surface area contributed by atoms with E-state index in [2.05, 4.69) is 20.1 Å². The van der Waals surface area contributed by atoms with E-state index in [4.69, 9.17) is 0 Å². The Kier molecular flexibility index (Phi) is 3.88. The number of aromatic nitrogens is 3. The summed E-state index contributed by atoms with van der Waals surface area (Å²) in [5.41, 5.74) is 0. The molecule has 0 radical (unpaired) electrons. The Morgan fingerprint density at radius 2 is 2.15 bits per heavy atom. The third-order valence-corrected chi connectivity index (χ3v) is 4.94. The summed E-state index contributed by atoms with van der Waals surface area (Å²) in [5, 5.41) is 7.99. The third-order valence-electron chi connectivity index (χ3n) is 2.47.